The molecule has 0 fully saturated rings. The van der Waals surface area contributed by atoms with Gasteiger partial charge in [0.25, 0.3) is 0 Å². The fourth-order valence-electron chi connectivity index (χ4n) is 1.94. The highest BCUT2D eigenvalue weighted by atomic mass is 79.9. The average Bonchev–Trinajstić information content (AvgIpc) is 2.44. The van der Waals surface area contributed by atoms with E-state index in [9.17, 15) is 4.79 Å². The molecule has 0 aromatic heterocycles. The third-order valence-corrected chi connectivity index (χ3v) is 3.41. The van der Waals surface area contributed by atoms with Gasteiger partial charge in [-0.15, -0.1) is 0 Å². The summed E-state index contributed by atoms with van der Waals surface area (Å²) in [6, 6.07) is 15.7. The van der Waals surface area contributed by atoms with E-state index in [-0.39, 0.29) is 0 Å². The van der Waals surface area contributed by atoms with Crippen LogP contribution in [0.2, 0.25) is 0 Å². The molecule has 0 saturated carbocycles. The molecule has 2 rings (SSSR count). The van der Waals surface area contributed by atoms with E-state index in [1.165, 1.54) is 5.56 Å². The number of hydrogen-bond donors (Lipinski definition) is 2. The van der Waals surface area contributed by atoms with Gasteiger partial charge in [-0.3, -0.25) is 5.32 Å². The van der Waals surface area contributed by atoms with Crippen molar-refractivity contribution in [3.05, 3.63) is 58.6 Å². The lowest BCUT2D eigenvalue weighted by Crippen LogP contribution is -2.27. The summed E-state index contributed by atoms with van der Waals surface area (Å²) < 4.78 is 6.28. The summed E-state index contributed by atoms with van der Waals surface area (Å²) in [5.41, 5.74) is 2.37. The number of hydrogen-bond acceptors (Lipinski definition) is 3. The van der Waals surface area contributed by atoms with E-state index in [2.05, 4.69) is 38.7 Å². The molecule has 0 saturated heterocycles. The summed E-state index contributed by atoms with van der Waals surface area (Å²) in [5.74, 6) is 0. The van der Waals surface area contributed by atoms with Gasteiger partial charge < -0.3 is 10.1 Å². The van der Waals surface area contributed by atoms with Crippen LogP contribution in [0.4, 0.5) is 16.2 Å². The second-order valence-corrected chi connectivity index (χ2v) is 7.10. The van der Waals surface area contributed by atoms with Gasteiger partial charge in [0.15, 0.2) is 0 Å². The van der Waals surface area contributed by atoms with Crippen molar-refractivity contribution >= 4 is 33.4 Å². The third-order valence-electron chi connectivity index (χ3n) is 2.92. The van der Waals surface area contributed by atoms with Crippen molar-refractivity contribution in [2.75, 3.05) is 10.6 Å². The normalized spacial score (nSPS) is 11.0. The summed E-state index contributed by atoms with van der Waals surface area (Å²) in [6.07, 6.45) is -0.452. The van der Waals surface area contributed by atoms with Crippen LogP contribution < -0.4 is 10.6 Å². The van der Waals surface area contributed by atoms with Crippen molar-refractivity contribution in [3.8, 4) is 0 Å². The van der Waals surface area contributed by atoms with Gasteiger partial charge in [-0.05, 0) is 62.7 Å². The summed E-state index contributed by atoms with van der Waals surface area (Å²) in [7, 11) is 0. The Balaban J connectivity index is 1.88. The molecule has 2 N–H and O–H groups in total. The van der Waals surface area contributed by atoms with Gasteiger partial charge in [0.1, 0.15) is 5.60 Å². The van der Waals surface area contributed by atoms with Crippen LogP contribution >= 0.6 is 15.9 Å². The Hall–Kier alpha value is -2.01. The van der Waals surface area contributed by atoms with Gasteiger partial charge >= 0.3 is 6.09 Å². The van der Waals surface area contributed by atoms with Crippen LogP contribution in [-0.2, 0) is 11.3 Å². The van der Waals surface area contributed by atoms with Crippen LogP contribution in [0.3, 0.4) is 0 Å². The van der Waals surface area contributed by atoms with Crippen LogP contribution in [0, 0.1) is 0 Å². The minimum atomic E-state index is -0.504. The lowest BCUT2D eigenvalue weighted by atomic mass is 10.2. The first-order valence-corrected chi connectivity index (χ1v) is 8.19. The highest BCUT2D eigenvalue weighted by Crippen LogP contribution is 2.17. The molecule has 0 radical (unpaired) electrons. The Bertz CT molecular complexity index is 663. The molecule has 0 aliphatic carbocycles. The van der Waals surface area contributed by atoms with Crippen molar-refractivity contribution in [1.29, 1.82) is 0 Å². The Morgan fingerprint density at radius 2 is 1.74 bits per heavy atom. The maximum atomic E-state index is 11.7. The quantitative estimate of drug-likeness (QED) is 0.749. The zero-order valence-corrected chi connectivity index (χ0v) is 15.1. The Labute approximate surface area is 145 Å². The van der Waals surface area contributed by atoms with Crippen LogP contribution in [0.15, 0.2) is 53.0 Å². The molecule has 122 valence electrons. The smallest absolute Gasteiger partial charge is 0.412 e. The first kappa shape index (κ1) is 17.3. The first-order valence-electron chi connectivity index (χ1n) is 7.40. The molecule has 1 amide bonds. The van der Waals surface area contributed by atoms with E-state index in [0.29, 0.717) is 5.69 Å². The Morgan fingerprint density at radius 1 is 1.09 bits per heavy atom. The zero-order chi connectivity index (χ0) is 16.9. The Morgan fingerprint density at radius 3 is 2.35 bits per heavy atom. The number of carbonyl (C=O) groups excluding carboxylic acids is 1. The molecule has 0 bridgehead atoms. The van der Waals surface area contributed by atoms with Crippen LogP contribution in [0.5, 0.6) is 0 Å². The van der Waals surface area contributed by atoms with E-state index in [0.717, 1.165) is 16.7 Å². The second-order valence-electron chi connectivity index (χ2n) is 6.19. The first-order chi connectivity index (χ1) is 10.8. The molecule has 0 aliphatic heterocycles. The fraction of sp³-hybridized carbons (Fsp3) is 0.278. The SMILES string of the molecule is CC(C)(C)OC(=O)Nc1ccc(NCc2cccc(Br)c2)cc1. The van der Waals surface area contributed by atoms with Crippen molar-refractivity contribution in [3.63, 3.8) is 0 Å². The lowest BCUT2D eigenvalue weighted by Gasteiger charge is -2.19. The van der Waals surface area contributed by atoms with E-state index in [1.807, 2.05) is 57.2 Å². The standard InChI is InChI=1S/C18H21BrN2O2/c1-18(2,3)23-17(22)21-16-9-7-15(8-10-16)20-12-13-5-4-6-14(19)11-13/h4-11,20H,12H2,1-3H3,(H,21,22). The van der Waals surface area contributed by atoms with Gasteiger partial charge in [0.05, 0.1) is 0 Å². The predicted octanol–water partition coefficient (Wildman–Crippen LogP) is 5.41. The maximum absolute atomic E-state index is 11.7. The molecule has 5 heteroatoms. The van der Waals surface area contributed by atoms with Crippen LogP contribution in [0.1, 0.15) is 26.3 Å². The van der Waals surface area contributed by atoms with Gasteiger partial charge in [-0.25, -0.2) is 4.79 Å². The predicted molar refractivity (Wildman–Crippen MR) is 97.8 cm³/mol. The van der Waals surface area contributed by atoms with E-state index in [1.54, 1.807) is 0 Å². The number of benzene rings is 2. The van der Waals surface area contributed by atoms with Crippen molar-refractivity contribution in [2.24, 2.45) is 0 Å². The van der Waals surface area contributed by atoms with E-state index >= 15 is 0 Å². The molecule has 2 aromatic rings. The summed E-state index contributed by atoms with van der Waals surface area (Å²) >= 11 is 3.46. The molecule has 23 heavy (non-hydrogen) atoms. The van der Waals surface area contributed by atoms with Gasteiger partial charge in [-0.1, -0.05) is 28.1 Å². The lowest BCUT2D eigenvalue weighted by molar-refractivity contribution is 0.0636. The maximum Gasteiger partial charge on any atom is 0.412 e. The van der Waals surface area contributed by atoms with Crippen molar-refractivity contribution in [2.45, 2.75) is 32.9 Å². The van der Waals surface area contributed by atoms with Gasteiger partial charge in [0.2, 0.25) is 0 Å². The van der Waals surface area contributed by atoms with Gasteiger partial charge in [0, 0.05) is 22.4 Å². The summed E-state index contributed by atoms with van der Waals surface area (Å²) in [6.45, 7) is 6.24. The number of rotatable bonds is 4. The highest BCUT2D eigenvalue weighted by molar-refractivity contribution is 9.10. The Kier molecular flexibility index (Phi) is 5.66. The number of anilines is 2. The summed E-state index contributed by atoms with van der Waals surface area (Å²) in [4.78, 5) is 11.7. The highest BCUT2D eigenvalue weighted by Gasteiger charge is 2.15. The number of halogens is 1. The van der Waals surface area contributed by atoms with Crippen LogP contribution in [-0.4, -0.2) is 11.7 Å². The molecule has 0 unspecified atom stereocenters. The van der Waals surface area contributed by atoms with E-state index in [4.69, 9.17) is 4.74 Å². The topological polar surface area (TPSA) is 50.4 Å². The fourth-order valence-corrected chi connectivity index (χ4v) is 2.39. The minimum Gasteiger partial charge on any atom is -0.444 e. The zero-order valence-electron chi connectivity index (χ0n) is 13.5. The molecule has 2 aromatic carbocycles. The minimum absolute atomic E-state index is 0.452. The molecular weight excluding hydrogens is 356 g/mol. The van der Waals surface area contributed by atoms with Crippen molar-refractivity contribution < 1.29 is 9.53 Å². The monoisotopic (exact) mass is 376 g/mol. The molecule has 0 atom stereocenters. The molecule has 0 aliphatic rings. The molecular formula is C18H21BrN2O2. The molecule has 0 heterocycles. The number of nitrogens with one attached hydrogen (secondary N) is 2. The second kappa shape index (κ2) is 7.51. The summed E-state index contributed by atoms with van der Waals surface area (Å²) in [5, 5.41) is 6.05. The van der Waals surface area contributed by atoms with Crippen molar-refractivity contribution in [1.82, 2.24) is 0 Å². The third kappa shape index (κ3) is 6.32. The number of amides is 1. The number of carbonyl (C=O) groups is 1. The van der Waals surface area contributed by atoms with Gasteiger partial charge in [-0.2, -0.15) is 0 Å². The number of ether oxygens (including phenoxy) is 1. The van der Waals surface area contributed by atoms with Crippen LogP contribution in [0.25, 0.3) is 0 Å². The molecule has 0 spiro atoms. The molecule has 4 nitrogen and oxygen atoms in total. The van der Waals surface area contributed by atoms with E-state index < -0.39 is 11.7 Å². The average molecular weight is 377 g/mol. The largest absolute Gasteiger partial charge is 0.444 e.